The number of allylic oxidation sites excluding steroid dienone is 1. The molecule has 2 atom stereocenters. The van der Waals surface area contributed by atoms with Crippen molar-refractivity contribution in [2.75, 3.05) is 35.0 Å². The van der Waals surface area contributed by atoms with Crippen LogP contribution in [0, 0.1) is 0 Å². The molecule has 1 saturated heterocycles. The molecule has 0 bridgehead atoms. The molecule has 214 valence electrons. The SMILES string of the molecule is CC=C(c1cc(C2CCC(c3cc(OC)c(OC)c(OC)c3)O2)cc(OC)c1OCCC)N(O)C(=O)CCC. The maximum Gasteiger partial charge on any atom is 0.250 e. The molecule has 2 unspecified atom stereocenters. The van der Waals surface area contributed by atoms with Gasteiger partial charge in [-0.1, -0.05) is 19.9 Å². The van der Waals surface area contributed by atoms with Crippen LogP contribution in [-0.2, 0) is 9.53 Å². The molecule has 1 aliphatic rings. The topological polar surface area (TPSA) is 95.9 Å². The van der Waals surface area contributed by atoms with E-state index in [2.05, 4.69) is 0 Å². The van der Waals surface area contributed by atoms with Crippen molar-refractivity contribution in [3.63, 3.8) is 0 Å². The predicted octanol–water partition coefficient (Wildman–Crippen LogP) is 6.48. The molecule has 1 N–H and O–H groups in total. The summed E-state index contributed by atoms with van der Waals surface area (Å²) in [5.41, 5.74) is 2.67. The van der Waals surface area contributed by atoms with E-state index in [0.717, 1.165) is 30.4 Å². The van der Waals surface area contributed by atoms with Gasteiger partial charge in [0.25, 0.3) is 5.91 Å². The summed E-state index contributed by atoms with van der Waals surface area (Å²) in [6, 6.07) is 7.62. The number of ether oxygens (including phenoxy) is 6. The highest BCUT2D eigenvalue weighted by Crippen LogP contribution is 2.48. The van der Waals surface area contributed by atoms with E-state index in [1.54, 1.807) is 41.4 Å². The van der Waals surface area contributed by atoms with Gasteiger partial charge >= 0.3 is 0 Å². The number of nitrogens with zero attached hydrogens (tertiary/aromatic N) is 1. The highest BCUT2D eigenvalue weighted by Gasteiger charge is 2.32. The Kier molecular flexibility index (Phi) is 10.9. The van der Waals surface area contributed by atoms with E-state index in [1.807, 2.05) is 38.1 Å². The molecule has 2 aromatic carbocycles. The van der Waals surface area contributed by atoms with Gasteiger partial charge in [0.15, 0.2) is 23.0 Å². The number of hydrogen-bond donors (Lipinski definition) is 1. The lowest BCUT2D eigenvalue weighted by atomic mass is 9.99. The molecule has 0 saturated carbocycles. The standard InChI is InChI=1S/C30H41NO8/c1-8-11-28(32)31(33)22(10-3)21-15-19(16-25(34-4)29(21)38-14-9-2)23-12-13-24(39-23)20-17-26(35-5)30(37-7)27(18-20)36-6/h10,15-18,23-24,33H,8-9,11-14H2,1-7H3. The maximum atomic E-state index is 12.6. The lowest BCUT2D eigenvalue weighted by molar-refractivity contribution is -0.151. The first-order valence-corrected chi connectivity index (χ1v) is 13.4. The zero-order chi connectivity index (χ0) is 28.5. The first-order chi connectivity index (χ1) is 18.9. The van der Waals surface area contributed by atoms with Crippen LogP contribution in [0.1, 0.15) is 81.8 Å². The molecule has 1 fully saturated rings. The Morgan fingerprint density at radius 2 is 1.44 bits per heavy atom. The monoisotopic (exact) mass is 543 g/mol. The van der Waals surface area contributed by atoms with Crippen LogP contribution in [0.2, 0.25) is 0 Å². The van der Waals surface area contributed by atoms with Gasteiger partial charge in [0.1, 0.15) is 0 Å². The third kappa shape index (κ3) is 6.59. The van der Waals surface area contributed by atoms with Crippen molar-refractivity contribution < 1.29 is 38.4 Å². The number of carbonyl (C=O) groups excluding carboxylic acids is 1. The third-order valence-electron chi connectivity index (χ3n) is 6.68. The minimum atomic E-state index is -0.393. The van der Waals surface area contributed by atoms with Crippen molar-refractivity contribution in [2.45, 2.75) is 65.1 Å². The van der Waals surface area contributed by atoms with E-state index in [-0.39, 0.29) is 18.6 Å². The van der Waals surface area contributed by atoms with Gasteiger partial charge in [-0.15, -0.1) is 0 Å². The van der Waals surface area contributed by atoms with Gasteiger partial charge in [0.2, 0.25) is 5.75 Å². The Balaban J connectivity index is 2.01. The summed E-state index contributed by atoms with van der Waals surface area (Å²) in [4.78, 5) is 12.6. The Bertz CT molecular complexity index is 1140. The van der Waals surface area contributed by atoms with Crippen LogP contribution in [0.3, 0.4) is 0 Å². The van der Waals surface area contributed by atoms with Gasteiger partial charge < -0.3 is 28.4 Å². The number of hydroxylamine groups is 2. The summed E-state index contributed by atoms with van der Waals surface area (Å²) < 4.78 is 34.8. The minimum absolute atomic E-state index is 0.198. The van der Waals surface area contributed by atoms with Gasteiger partial charge in [-0.25, -0.2) is 0 Å². The van der Waals surface area contributed by atoms with Gasteiger partial charge in [-0.2, -0.15) is 5.06 Å². The molecule has 0 spiro atoms. The fourth-order valence-electron chi connectivity index (χ4n) is 4.77. The van der Waals surface area contributed by atoms with Crippen LogP contribution in [0.4, 0.5) is 0 Å². The second-order valence-electron chi connectivity index (χ2n) is 9.23. The zero-order valence-electron chi connectivity index (χ0n) is 24.0. The molecule has 0 aromatic heterocycles. The van der Waals surface area contributed by atoms with Crippen molar-refractivity contribution in [1.82, 2.24) is 5.06 Å². The molecular formula is C30H41NO8. The van der Waals surface area contributed by atoms with E-state index in [9.17, 15) is 10.0 Å². The Morgan fingerprint density at radius 1 is 0.897 bits per heavy atom. The summed E-state index contributed by atoms with van der Waals surface area (Å²) in [7, 11) is 6.32. The van der Waals surface area contributed by atoms with Crippen LogP contribution < -0.4 is 23.7 Å². The van der Waals surface area contributed by atoms with Crippen LogP contribution in [-0.4, -0.2) is 51.2 Å². The van der Waals surface area contributed by atoms with Crippen LogP contribution in [0.25, 0.3) is 5.70 Å². The number of hydrogen-bond acceptors (Lipinski definition) is 8. The summed E-state index contributed by atoms with van der Waals surface area (Å²) >= 11 is 0. The number of rotatable bonds is 13. The molecule has 2 aromatic rings. The normalized spacial score (nSPS) is 17.1. The predicted molar refractivity (Wildman–Crippen MR) is 148 cm³/mol. The Morgan fingerprint density at radius 3 is 1.90 bits per heavy atom. The first-order valence-electron chi connectivity index (χ1n) is 13.4. The number of amides is 1. The van der Waals surface area contributed by atoms with Crippen LogP contribution >= 0.6 is 0 Å². The molecule has 0 aliphatic carbocycles. The molecule has 9 heteroatoms. The van der Waals surface area contributed by atoms with E-state index in [4.69, 9.17) is 28.4 Å². The highest BCUT2D eigenvalue weighted by atomic mass is 16.5. The quantitative estimate of drug-likeness (QED) is 0.227. The van der Waals surface area contributed by atoms with Gasteiger partial charge in [0.05, 0.1) is 53.0 Å². The van der Waals surface area contributed by atoms with Gasteiger partial charge in [0, 0.05) is 12.0 Å². The average molecular weight is 544 g/mol. The van der Waals surface area contributed by atoms with Gasteiger partial charge in [-0.3, -0.25) is 10.0 Å². The average Bonchev–Trinajstić information content (AvgIpc) is 3.46. The van der Waals surface area contributed by atoms with Crippen molar-refractivity contribution in [3.05, 3.63) is 47.0 Å². The van der Waals surface area contributed by atoms with Crippen LogP contribution in [0.15, 0.2) is 30.3 Å². The van der Waals surface area contributed by atoms with Gasteiger partial charge in [-0.05, 0) is 68.0 Å². The third-order valence-corrected chi connectivity index (χ3v) is 6.68. The van der Waals surface area contributed by atoms with Crippen molar-refractivity contribution in [2.24, 2.45) is 0 Å². The lowest BCUT2D eigenvalue weighted by Gasteiger charge is -2.24. The number of carbonyl (C=O) groups is 1. The summed E-state index contributed by atoms with van der Waals surface area (Å²) in [6.45, 7) is 6.13. The fraction of sp³-hybridized carbons (Fsp3) is 0.500. The molecule has 1 amide bonds. The molecule has 0 radical (unpaired) electrons. The molecule has 1 heterocycles. The maximum absolute atomic E-state index is 12.6. The minimum Gasteiger partial charge on any atom is -0.493 e. The Labute approximate surface area is 231 Å². The molecule has 9 nitrogen and oxygen atoms in total. The number of benzene rings is 2. The van der Waals surface area contributed by atoms with E-state index in [1.165, 1.54) is 0 Å². The first kappa shape index (κ1) is 30.1. The fourth-order valence-corrected chi connectivity index (χ4v) is 4.77. The second kappa shape index (κ2) is 14.1. The Hall–Kier alpha value is -3.43. The summed E-state index contributed by atoms with van der Waals surface area (Å²) in [5, 5.41) is 11.5. The largest absolute Gasteiger partial charge is 0.493 e. The summed E-state index contributed by atoms with van der Waals surface area (Å²) in [6.07, 6.45) is 4.39. The van der Waals surface area contributed by atoms with Crippen molar-refractivity contribution in [1.29, 1.82) is 0 Å². The molecule has 1 aliphatic heterocycles. The second-order valence-corrected chi connectivity index (χ2v) is 9.23. The van der Waals surface area contributed by atoms with Crippen LogP contribution in [0.5, 0.6) is 28.7 Å². The highest BCUT2D eigenvalue weighted by molar-refractivity contribution is 5.87. The molecular weight excluding hydrogens is 502 g/mol. The zero-order valence-corrected chi connectivity index (χ0v) is 24.0. The summed E-state index contributed by atoms with van der Waals surface area (Å²) in [5.74, 6) is 2.25. The van der Waals surface area contributed by atoms with Crippen molar-refractivity contribution in [3.8, 4) is 28.7 Å². The van der Waals surface area contributed by atoms with Crippen molar-refractivity contribution >= 4 is 11.6 Å². The lowest BCUT2D eigenvalue weighted by Crippen LogP contribution is -2.26. The van der Waals surface area contributed by atoms with E-state index < -0.39 is 5.91 Å². The molecule has 3 rings (SSSR count). The van der Waals surface area contributed by atoms with E-state index in [0.29, 0.717) is 58.1 Å². The van der Waals surface area contributed by atoms with E-state index >= 15 is 0 Å². The molecule has 39 heavy (non-hydrogen) atoms. The smallest absolute Gasteiger partial charge is 0.250 e. The number of methoxy groups -OCH3 is 4.